The molecule has 2 rings (SSSR count). The molecule has 0 aliphatic rings. The van der Waals surface area contributed by atoms with Crippen LogP contribution >= 0.6 is 11.8 Å². The minimum absolute atomic E-state index is 0.0300. The summed E-state index contributed by atoms with van der Waals surface area (Å²) in [5.74, 6) is -0.332. The van der Waals surface area contributed by atoms with Gasteiger partial charge in [-0.2, -0.15) is 5.10 Å². The standard InChI is InChI=1S/C15H21N3O2S/c1-7-20-14(19)10-8-16-13-11(9(2)17-18(13)6)12(10)21-15(3,4)5/h8H,7H2,1-6H3. The molecule has 0 atom stereocenters. The Bertz CT molecular complexity index is 686. The number of ether oxygens (including phenoxy) is 1. The third-order valence-electron chi connectivity index (χ3n) is 2.88. The SMILES string of the molecule is CCOC(=O)c1cnc2c(c(C)nn2C)c1SC(C)(C)C. The maximum Gasteiger partial charge on any atom is 0.340 e. The Balaban J connectivity index is 2.71. The van der Waals surface area contributed by atoms with E-state index in [4.69, 9.17) is 4.74 Å². The summed E-state index contributed by atoms with van der Waals surface area (Å²) in [7, 11) is 1.86. The van der Waals surface area contributed by atoms with Gasteiger partial charge in [0.15, 0.2) is 5.65 Å². The van der Waals surface area contributed by atoms with Crippen LogP contribution in [0.1, 0.15) is 43.7 Å². The second-order valence-electron chi connectivity index (χ2n) is 5.84. The number of hydrogen-bond donors (Lipinski definition) is 0. The van der Waals surface area contributed by atoms with Crippen LogP contribution in [0.4, 0.5) is 0 Å². The number of fused-ring (bicyclic) bond motifs is 1. The Kier molecular flexibility index (Phi) is 4.27. The molecular weight excluding hydrogens is 286 g/mol. The molecule has 2 aromatic heterocycles. The molecule has 0 amide bonds. The predicted octanol–water partition coefficient (Wildman–Crippen LogP) is 3.34. The second kappa shape index (κ2) is 5.67. The molecule has 0 aromatic carbocycles. The number of esters is 1. The van der Waals surface area contributed by atoms with Crippen molar-refractivity contribution in [1.82, 2.24) is 14.8 Å². The minimum atomic E-state index is -0.332. The topological polar surface area (TPSA) is 57.0 Å². The molecule has 114 valence electrons. The molecule has 0 radical (unpaired) electrons. The first-order valence-corrected chi connectivity index (χ1v) is 7.74. The van der Waals surface area contributed by atoms with E-state index in [1.165, 1.54) is 0 Å². The van der Waals surface area contributed by atoms with E-state index < -0.39 is 0 Å². The van der Waals surface area contributed by atoms with Crippen molar-refractivity contribution in [3.05, 3.63) is 17.5 Å². The maximum atomic E-state index is 12.2. The van der Waals surface area contributed by atoms with Crippen LogP contribution < -0.4 is 0 Å². The van der Waals surface area contributed by atoms with E-state index in [9.17, 15) is 4.79 Å². The first kappa shape index (κ1) is 15.8. The Labute approximate surface area is 129 Å². The molecule has 0 N–H and O–H groups in total. The van der Waals surface area contributed by atoms with E-state index in [0.29, 0.717) is 12.2 Å². The van der Waals surface area contributed by atoms with E-state index in [2.05, 4.69) is 30.9 Å². The van der Waals surface area contributed by atoms with Crippen LogP contribution in [0.3, 0.4) is 0 Å². The lowest BCUT2D eigenvalue weighted by atomic mass is 10.2. The summed E-state index contributed by atoms with van der Waals surface area (Å²) in [6.07, 6.45) is 1.59. The van der Waals surface area contributed by atoms with E-state index in [1.807, 2.05) is 14.0 Å². The van der Waals surface area contributed by atoms with Crippen LogP contribution in [-0.2, 0) is 11.8 Å². The molecule has 0 aliphatic heterocycles. The molecule has 2 heterocycles. The van der Waals surface area contributed by atoms with Gasteiger partial charge in [0.25, 0.3) is 0 Å². The number of pyridine rings is 1. The Morgan fingerprint density at radius 3 is 2.67 bits per heavy atom. The van der Waals surface area contributed by atoms with E-state index >= 15 is 0 Å². The molecule has 0 aliphatic carbocycles. The van der Waals surface area contributed by atoms with Gasteiger partial charge in [-0.1, -0.05) is 20.8 Å². The molecule has 21 heavy (non-hydrogen) atoms. The van der Waals surface area contributed by atoms with Gasteiger partial charge in [0, 0.05) is 22.9 Å². The fourth-order valence-corrected chi connectivity index (χ4v) is 3.34. The van der Waals surface area contributed by atoms with Gasteiger partial charge in [-0.3, -0.25) is 4.68 Å². The largest absolute Gasteiger partial charge is 0.462 e. The predicted molar refractivity (Wildman–Crippen MR) is 84.8 cm³/mol. The zero-order valence-corrected chi connectivity index (χ0v) is 14.2. The highest BCUT2D eigenvalue weighted by atomic mass is 32.2. The highest BCUT2D eigenvalue weighted by Crippen LogP contribution is 2.39. The lowest BCUT2D eigenvalue weighted by Gasteiger charge is -2.20. The number of hydrogen-bond acceptors (Lipinski definition) is 5. The maximum absolute atomic E-state index is 12.2. The molecule has 5 nitrogen and oxygen atoms in total. The summed E-state index contributed by atoms with van der Waals surface area (Å²) in [4.78, 5) is 17.5. The zero-order chi connectivity index (χ0) is 15.8. The van der Waals surface area contributed by atoms with Crippen LogP contribution in [0, 0.1) is 6.92 Å². The Morgan fingerprint density at radius 1 is 1.43 bits per heavy atom. The number of nitrogens with zero attached hydrogens (tertiary/aromatic N) is 3. The number of rotatable bonds is 3. The number of carbonyl (C=O) groups excluding carboxylic acids is 1. The average molecular weight is 307 g/mol. The smallest absolute Gasteiger partial charge is 0.340 e. The van der Waals surface area contributed by atoms with Crippen LogP contribution in [0.15, 0.2) is 11.1 Å². The van der Waals surface area contributed by atoms with Crippen molar-refractivity contribution in [2.75, 3.05) is 6.61 Å². The van der Waals surface area contributed by atoms with Crippen molar-refractivity contribution < 1.29 is 9.53 Å². The van der Waals surface area contributed by atoms with Gasteiger partial charge >= 0.3 is 5.97 Å². The zero-order valence-electron chi connectivity index (χ0n) is 13.4. The molecular formula is C15H21N3O2S. The molecule has 0 saturated carbocycles. The second-order valence-corrected chi connectivity index (χ2v) is 7.68. The van der Waals surface area contributed by atoms with Crippen molar-refractivity contribution in [3.8, 4) is 0 Å². The van der Waals surface area contributed by atoms with Crippen molar-refractivity contribution in [2.45, 2.75) is 44.3 Å². The average Bonchev–Trinajstić information content (AvgIpc) is 2.64. The van der Waals surface area contributed by atoms with E-state index in [-0.39, 0.29) is 10.7 Å². The number of aromatic nitrogens is 3. The third-order valence-corrected chi connectivity index (χ3v) is 4.12. The molecule has 0 saturated heterocycles. The summed E-state index contributed by atoms with van der Waals surface area (Å²) < 4.78 is 6.87. The Morgan fingerprint density at radius 2 is 2.10 bits per heavy atom. The van der Waals surface area contributed by atoms with Crippen LogP contribution in [0.5, 0.6) is 0 Å². The monoisotopic (exact) mass is 307 g/mol. The molecule has 0 fully saturated rings. The highest BCUT2D eigenvalue weighted by molar-refractivity contribution is 8.00. The normalized spacial score (nSPS) is 11.9. The molecule has 0 bridgehead atoms. The summed E-state index contributed by atoms with van der Waals surface area (Å²) in [5, 5.41) is 5.35. The summed E-state index contributed by atoms with van der Waals surface area (Å²) in [6.45, 7) is 10.4. The van der Waals surface area contributed by atoms with Crippen LogP contribution in [-0.4, -0.2) is 32.1 Å². The van der Waals surface area contributed by atoms with Crippen LogP contribution in [0.2, 0.25) is 0 Å². The van der Waals surface area contributed by atoms with Gasteiger partial charge < -0.3 is 4.74 Å². The number of thioether (sulfide) groups is 1. The van der Waals surface area contributed by atoms with Gasteiger partial charge in [0.2, 0.25) is 0 Å². The first-order chi connectivity index (χ1) is 9.74. The van der Waals surface area contributed by atoms with Gasteiger partial charge in [0.1, 0.15) is 0 Å². The van der Waals surface area contributed by atoms with Crippen molar-refractivity contribution in [2.24, 2.45) is 7.05 Å². The minimum Gasteiger partial charge on any atom is -0.462 e. The third kappa shape index (κ3) is 3.20. The number of aryl methyl sites for hydroxylation is 2. The van der Waals surface area contributed by atoms with Gasteiger partial charge in [-0.05, 0) is 13.8 Å². The highest BCUT2D eigenvalue weighted by Gasteiger charge is 2.24. The van der Waals surface area contributed by atoms with Crippen molar-refractivity contribution in [3.63, 3.8) is 0 Å². The molecule has 0 spiro atoms. The lowest BCUT2D eigenvalue weighted by molar-refractivity contribution is 0.0522. The van der Waals surface area contributed by atoms with Crippen molar-refractivity contribution >= 4 is 28.8 Å². The van der Waals surface area contributed by atoms with Gasteiger partial charge in [-0.25, -0.2) is 9.78 Å². The van der Waals surface area contributed by atoms with Crippen LogP contribution in [0.25, 0.3) is 11.0 Å². The lowest BCUT2D eigenvalue weighted by Crippen LogP contribution is -2.12. The van der Waals surface area contributed by atoms with Crippen molar-refractivity contribution in [1.29, 1.82) is 0 Å². The van der Waals surface area contributed by atoms with E-state index in [0.717, 1.165) is 21.6 Å². The van der Waals surface area contributed by atoms with Gasteiger partial charge in [0.05, 0.1) is 23.3 Å². The summed E-state index contributed by atoms with van der Waals surface area (Å²) in [5.41, 5.74) is 2.17. The van der Waals surface area contributed by atoms with Gasteiger partial charge in [-0.15, -0.1) is 11.8 Å². The fourth-order valence-electron chi connectivity index (χ4n) is 2.15. The summed E-state index contributed by atoms with van der Waals surface area (Å²) in [6, 6.07) is 0. The molecule has 6 heteroatoms. The molecule has 0 unspecified atom stereocenters. The molecule has 2 aromatic rings. The summed E-state index contributed by atoms with van der Waals surface area (Å²) >= 11 is 1.64. The number of carbonyl (C=O) groups is 1. The quantitative estimate of drug-likeness (QED) is 0.643. The Hall–Kier alpha value is -1.56. The van der Waals surface area contributed by atoms with E-state index in [1.54, 1.807) is 29.6 Å². The first-order valence-electron chi connectivity index (χ1n) is 6.93. The fraction of sp³-hybridized carbons (Fsp3) is 0.533.